The van der Waals surface area contributed by atoms with Crippen molar-refractivity contribution >= 4 is 17.7 Å². The van der Waals surface area contributed by atoms with Crippen molar-refractivity contribution in [1.82, 2.24) is 9.97 Å². The number of hydrogen-bond donors (Lipinski definition) is 0. The van der Waals surface area contributed by atoms with Crippen LogP contribution < -0.4 is 0 Å². The van der Waals surface area contributed by atoms with Gasteiger partial charge in [-0.25, -0.2) is 9.97 Å². The fourth-order valence-corrected chi connectivity index (χ4v) is 4.02. The van der Waals surface area contributed by atoms with E-state index in [1.165, 1.54) is 17.3 Å². The van der Waals surface area contributed by atoms with Gasteiger partial charge in [-0.2, -0.15) is 0 Å². The number of aryl methyl sites for hydroxylation is 1. The van der Waals surface area contributed by atoms with E-state index in [0.29, 0.717) is 19.0 Å². The van der Waals surface area contributed by atoms with Gasteiger partial charge in [0.15, 0.2) is 5.82 Å². The number of benzene rings is 1. The lowest BCUT2D eigenvalue weighted by Crippen LogP contribution is -2.33. The number of carbonyl (C=O) groups excluding carboxylic acids is 1. The Labute approximate surface area is 177 Å². The van der Waals surface area contributed by atoms with Crippen molar-refractivity contribution in [1.29, 1.82) is 0 Å². The molecule has 6 heteroatoms. The van der Waals surface area contributed by atoms with Gasteiger partial charge in [0.1, 0.15) is 5.03 Å². The number of carbonyl (C=O) groups is 1. The highest BCUT2D eigenvalue weighted by atomic mass is 32.2. The first-order valence-corrected chi connectivity index (χ1v) is 11.3. The minimum Gasteiger partial charge on any atom is -0.465 e. The van der Waals surface area contributed by atoms with Crippen LogP contribution in [0.3, 0.4) is 0 Å². The van der Waals surface area contributed by atoms with Crippen LogP contribution in [0.5, 0.6) is 0 Å². The molecule has 0 N–H and O–H groups in total. The molecule has 2 aromatic rings. The molecule has 156 valence electrons. The van der Waals surface area contributed by atoms with Gasteiger partial charge in [-0.05, 0) is 27.2 Å². The van der Waals surface area contributed by atoms with Crippen LogP contribution in [0.1, 0.15) is 56.9 Å². The van der Waals surface area contributed by atoms with Gasteiger partial charge in [-0.15, -0.1) is 0 Å². The van der Waals surface area contributed by atoms with Gasteiger partial charge in [0.25, 0.3) is 0 Å². The third-order valence-corrected chi connectivity index (χ3v) is 5.89. The summed E-state index contributed by atoms with van der Waals surface area (Å²) in [6.07, 6.45) is 3.82. The molecule has 1 aromatic heterocycles. The Morgan fingerprint density at radius 1 is 1.21 bits per heavy atom. The topological polar surface area (TPSA) is 61.3 Å². The van der Waals surface area contributed by atoms with Crippen molar-refractivity contribution < 1.29 is 14.3 Å². The summed E-state index contributed by atoms with van der Waals surface area (Å²) in [5.41, 5.74) is 3.91. The lowest BCUT2D eigenvalue weighted by atomic mass is 9.96. The molecular weight excluding hydrogens is 384 g/mol. The fourth-order valence-electron chi connectivity index (χ4n) is 3.18. The normalized spacial score (nSPS) is 15.0. The van der Waals surface area contributed by atoms with Crippen LogP contribution in [0.2, 0.25) is 0 Å². The van der Waals surface area contributed by atoms with Crippen LogP contribution in [0.4, 0.5) is 0 Å². The highest BCUT2D eigenvalue weighted by Crippen LogP contribution is 2.34. The Kier molecular flexibility index (Phi) is 7.30. The first-order chi connectivity index (χ1) is 13.9. The fraction of sp³-hybridized carbons (Fsp3) is 0.522. The molecule has 0 bridgehead atoms. The summed E-state index contributed by atoms with van der Waals surface area (Å²) in [7, 11) is 0. The third-order valence-electron chi connectivity index (χ3n) is 4.90. The van der Waals surface area contributed by atoms with E-state index in [1.54, 1.807) is 0 Å². The molecule has 1 aliphatic rings. The predicted octanol–water partition coefficient (Wildman–Crippen LogP) is 5.13. The van der Waals surface area contributed by atoms with E-state index < -0.39 is 0 Å². The van der Waals surface area contributed by atoms with Crippen molar-refractivity contribution in [2.45, 2.75) is 70.6 Å². The summed E-state index contributed by atoms with van der Waals surface area (Å²) in [4.78, 5) is 21.8. The summed E-state index contributed by atoms with van der Waals surface area (Å²) >= 11 is 1.41. The molecule has 0 saturated carbocycles. The van der Waals surface area contributed by atoms with Crippen molar-refractivity contribution in [2.75, 3.05) is 12.4 Å². The molecule has 0 radical (unpaired) electrons. The summed E-state index contributed by atoms with van der Waals surface area (Å²) < 4.78 is 11.3. The number of ether oxygens (including phenoxy) is 2. The van der Waals surface area contributed by atoms with Crippen molar-refractivity contribution in [3.63, 3.8) is 0 Å². The summed E-state index contributed by atoms with van der Waals surface area (Å²) in [5, 5.41) is 0.812. The highest BCUT2D eigenvalue weighted by molar-refractivity contribution is 7.99. The van der Waals surface area contributed by atoms with Gasteiger partial charge in [-0.3, -0.25) is 4.79 Å². The van der Waals surface area contributed by atoms with Gasteiger partial charge >= 0.3 is 5.97 Å². The number of hydrogen-bond acceptors (Lipinski definition) is 6. The van der Waals surface area contributed by atoms with Gasteiger partial charge in [0, 0.05) is 17.5 Å². The van der Waals surface area contributed by atoms with E-state index in [0.717, 1.165) is 47.5 Å². The van der Waals surface area contributed by atoms with E-state index in [9.17, 15) is 4.79 Å². The molecule has 0 saturated heterocycles. The predicted molar refractivity (Wildman–Crippen MR) is 116 cm³/mol. The number of nitrogens with zero attached hydrogens (tertiary/aromatic N) is 2. The number of thioether (sulfide) groups is 1. The first-order valence-electron chi connectivity index (χ1n) is 10.3. The number of rotatable bonds is 8. The van der Waals surface area contributed by atoms with Crippen molar-refractivity contribution in [3.8, 4) is 11.4 Å². The molecule has 29 heavy (non-hydrogen) atoms. The average molecular weight is 415 g/mol. The molecule has 1 aliphatic heterocycles. The Morgan fingerprint density at radius 2 is 1.97 bits per heavy atom. The zero-order valence-electron chi connectivity index (χ0n) is 17.8. The van der Waals surface area contributed by atoms with Gasteiger partial charge in [0.2, 0.25) is 0 Å². The largest absolute Gasteiger partial charge is 0.465 e. The van der Waals surface area contributed by atoms with Crippen molar-refractivity contribution in [3.05, 3.63) is 41.1 Å². The van der Waals surface area contributed by atoms with Crippen LogP contribution in [0.25, 0.3) is 11.4 Å². The van der Waals surface area contributed by atoms with Crippen molar-refractivity contribution in [2.24, 2.45) is 0 Å². The molecule has 1 aromatic carbocycles. The maximum atomic E-state index is 12.1. The summed E-state index contributed by atoms with van der Waals surface area (Å²) in [6.45, 7) is 9.29. The zero-order valence-corrected chi connectivity index (χ0v) is 18.6. The Morgan fingerprint density at radius 3 is 2.69 bits per heavy atom. The van der Waals surface area contributed by atoms with E-state index >= 15 is 0 Å². The first kappa shape index (κ1) is 21.8. The molecule has 5 nitrogen and oxygen atoms in total. The molecule has 0 aliphatic carbocycles. The van der Waals surface area contributed by atoms with E-state index in [4.69, 9.17) is 19.4 Å². The number of unbranched alkanes of at least 4 members (excludes halogenated alkanes) is 2. The molecule has 0 fully saturated rings. The zero-order chi connectivity index (χ0) is 20.9. The lowest BCUT2D eigenvalue weighted by molar-refractivity contribution is -0.140. The average Bonchev–Trinajstić information content (AvgIpc) is 2.68. The van der Waals surface area contributed by atoms with E-state index in [-0.39, 0.29) is 17.3 Å². The molecule has 3 rings (SSSR count). The molecule has 0 atom stereocenters. The molecule has 0 unspecified atom stereocenters. The van der Waals surface area contributed by atoms with Crippen LogP contribution in [-0.2, 0) is 27.3 Å². The maximum absolute atomic E-state index is 12.1. The van der Waals surface area contributed by atoms with Gasteiger partial charge in [0.05, 0.1) is 30.3 Å². The second kappa shape index (κ2) is 9.72. The molecular formula is C23H30N2O3S. The lowest BCUT2D eigenvalue weighted by Gasteiger charge is -2.32. The van der Waals surface area contributed by atoms with Crippen LogP contribution in [0.15, 0.2) is 29.3 Å². The quantitative estimate of drug-likeness (QED) is 0.258. The molecule has 0 amide bonds. The maximum Gasteiger partial charge on any atom is 0.316 e. The summed E-state index contributed by atoms with van der Waals surface area (Å²) in [6, 6.07) is 8.20. The number of esters is 1. The van der Waals surface area contributed by atoms with Gasteiger partial charge in [-0.1, -0.05) is 61.4 Å². The number of aromatic nitrogens is 2. The third kappa shape index (κ3) is 6.03. The van der Waals surface area contributed by atoms with Crippen LogP contribution in [0, 0.1) is 6.92 Å². The van der Waals surface area contributed by atoms with Crippen LogP contribution >= 0.6 is 11.8 Å². The van der Waals surface area contributed by atoms with Gasteiger partial charge < -0.3 is 9.47 Å². The smallest absolute Gasteiger partial charge is 0.316 e. The monoisotopic (exact) mass is 414 g/mol. The van der Waals surface area contributed by atoms with E-state index in [2.05, 4.69) is 39.8 Å². The summed E-state index contributed by atoms with van der Waals surface area (Å²) in [5.74, 6) is 0.736. The minimum atomic E-state index is -0.258. The Bertz CT molecular complexity index is 850. The number of fused-ring (bicyclic) bond motifs is 1. The van der Waals surface area contributed by atoms with E-state index in [1.807, 2.05) is 12.1 Å². The molecule has 2 heterocycles. The Balaban J connectivity index is 1.80. The molecule has 0 spiro atoms. The second-order valence-corrected chi connectivity index (χ2v) is 9.05. The Hall–Kier alpha value is -1.92. The SMILES string of the molecule is CCCCCOC(=O)CSc1nc(-c2ccc(C)cc2)nc2c1COC(C)(C)C2. The standard InChI is InChI=1S/C23H30N2O3S/c1-5-6-7-12-27-20(26)15-29-22-18-14-28-23(3,4)13-19(18)24-21(25-22)17-10-8-16(2)9-11-17/h8-11H,5-7,12-15H2,1-4H3. The second-order valence-electron chi connectivity index (χ2n) is 8.09. The minimum absolute atomic E-state index is 0.201. The highest BCUT2D eigenvalue weighted by Gasteiger charge is 2.30. The van der Waals surface area contributed by atoms with Crippen LogP contribution in [-0.4, -0.2) is 33.9 Å².